The number of allylic oxidation sites excluding steroid dienone is 1. The number of benzene rings is 1. The van der Waals surface area contributed by atoms with E-state index in [0.29, 0.717) is 0 Å². The predicted octanol–water partition coefficient (Wildman–Crippen LogP) is 4.75. The average Bonchev–Trinajstić information content (AvgIpc) is 2.47. The van der Waals surface area contributed by atoms with E-state index in [1.165, 1.54) is 29.8 Å². The quantitative estimate of drug-likeness (QED) is 0.747. The smallest absolute Gasteiger partial charge is 0.0451 e. The summed E-state index contributed by atoms with van der Waals surface area (Å²) >= 11 is 6.10. The average molecular weight is 250 g/mol. The van der Waals surface area contributed by atoms with Crippen molar-refractivity contribution in [3.8, 4) is 0 Å². The minimum absolute atomic E-state index is 0.00598. The molecule has 0 aliphatic carbocycles. The van der Waals surface area contributed by atoms with Gasteiger partial charge < -0.3 is 4.90 Å². The number of halogens is 1. The highest BCUT2D eigenvalue weighted by Gasteiger charge is 2.38. The second kappa shape index (κ2) is 4.38. The molecule has 0 bridgehead atoms. The van der Waals surface area contributed by atoms with Crippen molar-refractivity contribution >= 4 is 17.3 Å². The van der Waals surface area contributed by atoms with Crippen molar-refractivity contribution in [2.75, 3.05) is 11.4 Å². The van der Waals surface area contributed by atoms with Crippen LogP contribution in [0.4, 0.5) is 5.69 Å². The first-order valence-corrected chi connectivity index (χ1v) is 6.63. The van der Waals surface area contributed by atoms with Crippen LogP contribution in [0.15, 0.2) is 30.5 Å². The number of nitrogens with zero attached hydrogens (tertiary/aromatic N) is 1. The Labute approximate surface area is 109 Å². The lowest BCUT2D eigenvalue weighted by Crippen LogP contribution is -2.25. The SMILES string of the molecule is C=C1N(CCCC)c2ccc(Cl)cc2C1(C)C. The van der Waals surface area contributed by atoms with Gasteiger partial charge in [0.25, 0.3) is 0 Å². The zero-order valence-electron chi connectivity index (χ0n) is 10.9. The van der Waals surface area contributed by atoms with Crippen LogP contribution in [0, 0.1) is 0 Å². The van der Waals surface area contributed by atoms with E-state index >= 15 is 0 Å². The van der Waals surface area contributed by atoms with Gasteiger partial charge in [0.15, 0.2) is 0 Å². The molecule has 1 heterocycles. The van der Waals surface area contributed by atoms with E-state index in [9.17, 15) is 0 Å². The zero-order valence-corrected chi connectivity index (χ0v) is 11.6. The summed E-state index contributed by atoms with van der Waals surface area (Å²) in [5.41, 5.74) is 3.75. The molecule has 0 spiro atoms. The third-order valence-electron chi connectivity index (χ3n) is 3.71. The fourth-order valence-electron chi connectivity index (χ4n) is 2.45. The number of hydrogen-bond donors (Lipinski definition) is 0. The lowest BCUT2D eigenvalue weighted by Gasteiger charge is -2.25. The lowest BCUT2D eigenvalue weighted by molar-refractivity contribution is 0.627. The van der Waals surface area contributed by atoms with Crippen molar-refractivity contribution in [2.24, 2.45) is 0 Å². The summed E-state index contributed by atoms with van der Waals surface area (Å²) in [6, 6.07) is 6.16. The fraction of sp³-hybridized carbons (Fsp3) is 0.467. The van der Waals surface area contributed by atoms with Crippen LogP contribution in [-0.4, -0.2) is 6.54 Å². The van der Waals surface area contributed by atoms with E-state index in [0.717, 1.165) is 11.6 Å². The summed E-state index contributed by atoms with van der Waals surface area (Å²) in [6.07, 6.45) is 2.39. The molecule has 0 atom stereocenters. The van der Waals surface area contributed by atoms with Gasteiger partial charge in [0.2, 0.25) is 0 Å². The van der Waals surface area contributed by atoms with Gasteiger partial charge in [0.05, 0.1) is 0 Å². The van der Waals surface area contributed by atoms with Gasteiger partial charge in [-0.3, -0.25) is 0 Å². The Morgan fingerprint density at radius 3 is 2.71 bits per heavy atom. The summed E-state index contributed by atoms with van der Waals surface area (Å²) < 4.78 is 0. The maximum absolute atomic E-state index is 6.10. The van der Waals surface area contributed by atoms with Crippen LogP contribution in [0.25, 0.3) is 0 Å². The van der Waals surface area contributed by atoms with E-state index in [1.807, 2.05) is 6.07 Å². The molecule has 0 fully saturated rings. The van der Waals surface area contributed by atoms with Gasteiger partial charge in [0, 0.05) is 28.4 Å². The largest absolute Gasteiger partial charge is 0.345 e. The molecule has 17 heavy (non-hydrogen) atoms. The van der Waals surface area contributed by atoms with E-state index < -0.39 is 0 Å². The summed E-state index contributed by atoms with van der Waals surface area (Å²) in [7, 11) is 0. The van der Waals surface area contributed by atoms with Gasteiger partial charge in [-0.1, -0.05) is 45.4 Å². The predicted molar refractivity (Wildman–Crippen MR) is 75.9 cm³/mol. The van der Waals surface area contributed by atoms with E-state index in [1.54, 1.807) is 0 Å². The molecule has 0 aromatic heterocycles. The molecule has 0 saturated heterocycles. The molecule has 0 unspecified atom stereocenters. The van der Waals surface area contributed by atoms with Gasteiger partial charge in [-0.2, -0.15) is 0 Å². The molecular formula is C15H20ClN. The van der Waals surface area contributed by atoms with Crippen LogP contribution in [0.3, 0.4) is 0 Å². The van der Waals surface area contributed by atoms with Crippen LogP contribution in [0.5, 0.6) is 0 Å². The Hall–Kier alpha value is -0.950. The summed E-state index contributed by atoms with van der Waals surface area (Å²) in [6.45, 7) is 12.0. The maximum atomic E-state index is 6.10. The molecular weight excluding hydrogens is 230 g/mol. The molecule has 1 aromatic carbocycles. The van der Waals surface area contributed by atoms with Gasteiger partial charge in [-0.15, -0.1) is 0 Å². The molecule has 1 nitrogen and oxygen atoms in total. The minimum atomic E-state index is -0.00598. The van der Waals surface area contributed by atoms with Gasteiger partial charge >= 0.3 is 0 Å². The highest BCUT2D eigenvalue weighted by atomic mass is 35.5. The monoisotopic (exact) mass is 249 g/mol. The Balaban J connectivity index is 2.44. The van der Waals surface area contributed by atoms with E-state index in [4.69, 9.17) is 11.6 Å². The maximum Gasteiger partial charge on any atom is 0.0451 e. The van der Waals surface area contributed by atoms with Crippen molar-refractivity contribution < 1.29 is 0 Å². The zero-order chi connectivity index (χ0) is 12.6. The molecule has 92 valence electrons. The number of hydrogen-bond acceptors (Lipinski definition) is 1. The third-order valence-corrected chi connectivity index (χ3v) is 3.94. The molecule has 2 rings (SSSR count). The number of fused-ring (bicyclic) bond motifs is 1. The van der Waals surface area contributed by atoms with Gasteiger partial charge in [0.1, 0.15) is 0 Å². The van der Waals surface area contributed by atoms with Gasteiger partial charge in [-0.05, 0) is 30.2 Å². The highest BCUT2D eigenvalue weighted by Crippen LogP contribution is 2.47. The topological polar surface area (TPSA) is 3.24 Å². The molecule has 1 aliphatic rings. The molecule has 0 amide bonds. The Morgan fingerprint density at radius 1 is 1.35 bits per heavy atom. The molecule has 0 saturated carbocycles. The van der Waals surface area contributed by atoms with Crippen molar-refractivity contribution in [3.63, 3.8) is 0 Å². The number of rotatable bonds is 3. The van der Waals surface area contributed by atoms with Crippen molar-refractivity contribution in [1.82, 2.24) is 0 Å². The molecule has 1 aromatic rings. The first-order valence-electron chi connectivity index (χ1n) is 6.25. The number of unbranched alkanes of at least 4 members (excludes halogenated alkanes) is 1. The number of anilines is 1. The van der Waals surface area contributed by atoms with Gasteiger partial charge in [-0.25, -0.2) is 0 Å². The second-order valence-corrected chi connectivity index (χ2v) is 5.67. The molecule has 2 heteroatoms. The van der Waals surface area contributed by atoms with Crippen LogP contribution in [0.2, 0.25) is 5.02 Å². The Kier molecular flexibility index (Phi) is 3.22. The van der Waals surface area contributed by atoms with E-state index in [-0.39, 0.29) is 5.41 Å². The standard InChI is InChI=1S/C15H20ClN/c1-5-6-9-17-11(2)15(3,4)13-10-12(16)7-8-14(13)17/h7-8,10H,2,5-6,9H2,1,3-4H3. The van der Waals surface area contributed by atoms with Crippen molar-refractivity contribution in [2.45, 2.75) is 39.0 Å². The Bertz CT molecular complexity index is 448. The first kappa shape index (κ1) is 12.5. The second-order valence-electron chi connectivity index (χ2n) is 5.24. The van der Waals surface area contributed by atoms with Crippen LogP contribution in [-0.2, 0) is 5.41 Å². The highest BCUT2D eigenvalue weighted by molar-refractivity contribution is 6.30. The molecule has 0 N–H and O–H groups in total. The summed E-state index contributed by atoms with van der Waals surface area (Å²) in [5, 5.41) is 0.807. The van der Waals surface area contributed by atoms with Crippen LogP contribution in [0.1, 0.15) is 39.2 Å². The van der Waals surface area contributed by atoms with Crippen molar-refractivity contribution in [1.29, 1.82) is 0 Å². The van der Waals surface area contributed by atoms with Crippen LogP contribution >= 0.6 is 11.6 Å². The summed E-state index contributed by atoms with van der Waals surface area (Å²) in [4.78, 5) is 2.34. The lowest BCUT2D eigenvalue weighted by atomic mass is 9.84. The fourth-order valence-corrected chi connectivity index (χ4v) is 2.63. The molecule has 1 aliphatic heterocycles. The minimum Gasteiger partial charge on any atom is -0.345 e. The van der Waals surface area contributed by atoms with Crippen LogP contribution < -0.4 is 4.90 Å². The normalized spacial score (nSPS) is 17.4. The first-order chi connectivity index (χ1) is 7.98. The Morgan fingerprint density at radius 2 is 2.06 bits per heavy atom. The third kappa shape index (κ3) is 1.97. The van der Waals surface area contributed by atoms with E-state index in [2.05, 4.69) is 44.4 Å². The molecule has 0 radical (unpaired) electrons. The van der Waals surface area contributed by atoms with Crippen molar-refractivity contribution in [3.05, 3.63) is 41.1 Å². The summed E-state index contributed by atoms with van der Waals surface area (Å²) in [5.74, 6) is 0.